The Kier molecular flexibility index (Phi) is 12.2. The van der Waals surface area contributed by atoms with Crippen LogP contribution in [0.4, 0.5) is 4.39 Å². The van der Waals surface area contributed by atoms with E-state index >= 15 is 0 Å². The van der Waals surface area contributed by atoms with Gasteiger partial charge in [0.2, 0.25) is 11.7 Å². The highest BCUT2D eigenvalue weighted by Crippen LogP contribution is 2.30. The van der Waals surface area contributed by atoms with Gasteiger partial charge in [0.25, 0.3) is 17.0 Å². The van der Waals surface area contributed by atoms with Crippen LogP contribution in [0, 0.1) is 11.7 Å². The number of carbonyl (C=O) groups excluding carboxylic acids is 3. The van der Waals surface area contributed by atoms with E-state index in [0.717, 1.165) is 31.6 Å². The number of hydrogen-bond acceptors (Lipinski definition) is 8. The van der Waals surface area contributed by atoms with Crippen LogP contribution in [0.5, 0.6) is 0 Å². The quantitative estimate of drug-likeness (QED) is 0.289. The van der Waals surface area contributed by atoms with Gasteiger partial charge in [-0.3, -0.25) is 14.4 Å². The smallest absolute Gasteiger partial charge is 0.286 e. The van der Waals surface area contributed by atoms with Gasteiger partial charge in [0.05, 0.1) is 11.6 Å². The molecule has 0 saturated heterocycles. The fourth-order valence-corrected chi connectivity index (χ4v) is 5.19. The molecule has 3 rings (SSSR count). The van der Waals surface area contributed by atoms with Gasteiger partial charge in [-0.2, -0.15) is 0 Å². The highest BCUT2D eigenvalue weighted by molar-refractivity contribution is 7.99. The average Bonchev–Trinajstić information content (AvgIpc) is 3.32. The van der Waals surface area contributed by atoms with Crippen molar-refractivity contribution in [3.05, 3.63) is 41.5 Å². The van der Waals surface area contributed by atoms with Crippen LogP contribution < -0.4 is 10.6 Å². The van der Waals surface area contributed by atoms with Gasteiger partial charge >= 0.3 is 0 Å². The van der Waals surface area contributed by atoms with Crippen molar-refractivity contribution in [3.63, 3.8) is 0 Å². The molecular weight excluding hydrogens is 533 g/mol. The molecule has 12 heteroatoms. The second-order valence-electron chi connectivity index (χ2n) is 10.1. The summed E-state index contributed by atoms with van der Waals surface area (Å²) in [5, 5.41) is 13.8. The van der Waals surface area contributed by atoms with Crippen molar-refractivity contribution in [2.24, 2.45) is 5.92 Å². The second-order valence-corrected chi connectivity index (χ2v) is 11.2. The van der Waals surface area contributed by atoms with Gasteiger partial charge < -0.3 is 20.0 Å². The number of halogens is 2. The Morgan fingerprint density at radius 1 is 1.13 bits per heavy atom. The predicted molar refractivity (Wildman–Crippen MR) is 146 cm³/mol. The second kappa shape index (κ2) is 14.6. The Hall–Kier alpha value is -2.50. The Morgan fingerprint density at radius 3 is 2.45 bits per heavy atom. The number of hydrogen-bond donors (Lipinski definition) is 2. The Labute approximate surface area is 233 Å². The molecule has 1 atom stereocenters. The topological polar surface area (TPSA) is 117 Å². The fourth-order valence-electron chi connectivity index (χ4n) is 4.33. The molecule has 38 heavy (non-hydrogen) atoms. The molecule has 2 aromatic rings. The summed E-state index contributed by atoms with van der Waals surface area (Å²) in [4.78, 5) is 42.0. The molecule has 1 aromatic carbocycles. The van der Waals surface area contributed by atoms with Crippen LogP contribution in [0.15, 0.2) is 33.9 Å². The largest absolute Gasteiger partial charge is 0.408 e. The van der Waals surface area contributed by atoms with Gasteiger partial charge in [0, 0.05) is 12.3 Å². The molecular formula is C26H37ClFN5O4S. The van der Waals surface area contributed by atoms with E-state index in [0.29, 0.717) is 24.5 Å². The summed E-state index contributed by atoms with van der Waals surface area (Å²) in [7, 11) is 3.92. The van der Waals surface area contributed by atoms with Crippen molar-refractivity contribution in [2.45, 2.75) is 69.2 Å². The van der Waals surface area contributed by atoms with Crippen molar-refractivity contribution in [3.8, 4) is 0 Å². The lowest BCUT2D eigenvalue weighted by Gasteiger charge is -2.37. The lowest BCUT2D eigenvalue weighted by molar-refractivity contribution is -0.129. The number of nitrogens with zero attached hydrogens (tertiary/aromatic N) is 3. The zero-order valence-electron chi connectivity index (χ0n) is 22.3. The van der Waals surface area contributed by atoms with E-state index in [1.165, 1.54) is 30.0 Å². The van der Waals surface area contributed by atoms with E-state index in [1.807, 2.05) is 32.8 Å². The maximum Gasteiger partial charge on any atom is 0.286 e. The van der Waals surface area contributed by atoms with Gasteiger partial charge in [-0.25, -0.2) is 4.39 Å². The SMILES string of the molecule is CC(C)CC(NC(=O)C1(NC(=O)c2ccccc2F)CCCCC1)C(=O)c1nnc(SCCN(C)C)o1.Cl. The molecule has 1 saturated carbocycles. The molecule has 0 aliphatic heterocycles. The molecule has 2 amide bonds. The summed E-state index contributed by atoms with van der Waals surface area (Å²) in [6.07, 6.45) is 3.53. The monoisotopic (exact) mass is 569 g/mol. The summed E-state index contributed by atoms with van der Waals surface area (Å²) >= 11 is 1.35. The number of ketones is 1. The van der Waals surface area contributed by atoms with Crippen molar-refractivity contribution < 1.29 is 23.2 Å². The summed E-state index contributed by atoms with van der Waals surface area (Å²) in [5.41, 5.74) is -1.37. The molecule has 210 valence electrons. The highest BCUT2D eigenvalue weighted by atomic mass is 35.5. The lowest BCUT2D eigenvalue weighted by Crippen LogP contribution is -2.62. The molecule has 1 heterocycles. The van der Waals surface area contributed by atoms with E-state index in [4.69, 9.17) is 4.42 Å². The number of amides is 2. The molecule has 1 aliphatic rings. The maximum absolute atomic E-state index is 14.3. The van der Waals surface area contributed by atoms with Gasteiger partial charge in [-0.05, 0) is 51.4 Å². The van der Waals surface area contributed by atoms with E-state index in [-0.39, 0.29) is 29.8 Å². The third kappa shape index (κ3) is 8.51. The molecule has 1 fully saturated rings. The van der Waals surface area contributed by atoms with E-state index in [9.17, 15) is 18.8 Å². The normalized spacial score (nSPS) is 15.6. The number of rotatable bonds is 12. The minimum absolute atomic E-state index is 0. The molecule has 1 aliphatic carbocycles. The van der Waals surface area contributed by atoms with Crippen LogP contribution in [0.2, 0.25) is 0 Å². The van der Waals surface area contributed by atoms with Crippen LogP contribution >= 0.6 is 24.2 Å². The van der Waals surface area contributed by atoms with Gasteiger partial charge in [-0.1, -0.05) is 57.0 Å². The third-order valence-electron chi connectivity index (χ3n) is 6.32. The summed E-state index contributed by atoms with van der Waals surface area (Å²) in [5.74, 6) is -1.60. The van der Waals surface area contributed by atoms with E-state index in [2.05, 4.69) is 20.8 Å². The predicted octanol–water partition coefficient (Wildman–Crippen LogP) is 4.13. The fraction of sp³-hybridized carbons (Fsp3) is 0.577. The van der Waals surface area contributed by atoms with Gasteiger partial charge in [0.1, 0.15) is 11.4 Å². The maximum atomic E-state index is 14.3. The zero-order valence-corrected chi connectivity index (χ0v) is 23.9. The summed E-state index contributed by atoms with van der Waals surface area (Å²) < 4.78 is 19.8. The first kappa shape index (κ1) is 31.7. The number of nitrogens with one attached hydrogen (secondary N) is 2. The van der Waals surface area contributed by atoms with E-state index < -0.39 is 35.0 Å². The number of carbonyl (C=O) groups is 3. The molecule has 0 bridgehead atoms. The summed E-state index contributed by atoms with van der Waals surface area (Å²) in [6, 6.07) is 4.75. The van der Waals surface area contributed by atoms with Crippen molar-refractivity contribution >= 4 is 41.8 Å². The minimum atomic E-state index is -1.24. The first-order chi connectivity index (χ1) is 17.6. The van der Waals surface area contributed by atoms with Crippen LogP contribution in [-0.4, -0.2) is 70.7 Å². The first-order valence-electron chi connectivity index (χ1n) is 12.6. The van der Waals surface area contributed by atoms with Crippen LogP contribution in [-0.2, 0) is 4.79 Å². The number of Topliss-reactive ketones (excluding diaryl/α,β-unsaturated/α-hetero) is 1. The Bertz CT molecular complexity index is 1090. The average molecular weight is 570 g/mol. The Morgan fingerprint density at radius 2 is 1.82 bits per heavy atom. The molecule has 0 spiro atoms. The molecule has 2 N–H and O–H groups in total. The van der Waals surface area contributed by atoms with Crippen molar-refractivity contribution in [2.75, 3.05) is 26.4 Å². The molecule has 9 nitrogen and oxygen atoms in total. The van der Waals surface area contributed by atoms with Crippen molar-refractivity contribution in [1.82, 2.24) is 25.7 Å². The van der Waals surface area contributed by atoms with Gasteiger partial charge in [0.15, 0.2) is 0 Å². The minimum Gasteiger partial charge on any atom is -0.408 e. The Balaban J connectivity index is 0.00000507. The lowest BCUT2D eigenvalue weighted by atomic mass is 9.80. The van der Waals surface area contributed by atoms with Crippen LogP contribution in [0.3, 0.4) is 0 Å². The highest BCUT2D eigenvalue weighted by Gasteiger charge is 2.43. The molecule has 0 radical (unpaired) electrons. The standard InChI is InChI=1S/C26H36FN5O4S.ClH/c1-17(2)16-20(21(33)23-30-31-25(36-23)37-15-14-32(3)4)28-24(35)26(12-8-5-9-13-26)29-22(34)18-10-6-7-11-19(18)27;/h6-7,10-11,17,20H,5,8-9,12-16H2,1-4H3,(H,28,35)(H,29,34);1H. The van der Waals surface area contributed by atoms with Crippen LogP contribution in [0.25, 0.3) is 0 Å². The number of thioether (sulfide) groups is 1. The summed E-state index contributed by atoms with van der Waals surface area (Å²) in [6.45, 7) is 4.70. The van der Waals surface area contributed by atoms with Gasteiger partial charge in [-0.15, -0.1) is 22.6 Å². The van der Waals surface area contributed by atoms with E-state index in [1.54, 1.807) is 6.07 Å². The number of benzene rings is 1. The number of aromatic nitrogens is 2. The molecule has 1 aromatic heterocycles. The molecule has 1 unspecified atom stereocenters. The zero-order chi connectivity index (χ0) is 27.0. The van der Waals surface area contributed by atoms with Crippen molar-refractivity contribution in [1.29, 1.82) is 0 Å². The first-order valence-corrected chi connectivity index (χ1v) is 13.6. The van der Waals surface area contributed by atoms with Crippen LogP contribution in [0.1, 0.15) is 73.4 Å². The third-order valence-corrected chi connectivity index (χ3v) is 7.12.